The van der Waals surface area contributed by atoms with Gasteiger partial charge in [0.1, 0.15) is 0 Å². The molecule has 0 aliphatic rings. The third-order valence-corrected chi connectivity index (χ3v) is 2.37. The lowest BCUT2D eigenvalue weighted by Gasteiger charge is -2.11. The van der Waals surface area contributed by atoms with E-state index in [9.17, 15) is 14.9 Å². The number of carbonyl (C=O) groups excluding carboxylic acids is 1. The number of halogens is 1. The van der Waals surface area contributed by atoms with Crippen LogP contribution in [0.5, 0.6) is 0 Å². The molecule has 0 fully saturated rings. The van der Waals surface area contributed by atoms with Gasteiger partial charge in [0, 0.05) is 30.8 Å². The Hall–Kier alpha value is -1.70. The molecule has 7 nitrogen and oxygen atoms in total. The molecule has 0 aliphatic heterocycles. The highest BCUT2D eigenvalue weighted by atomic mass is 79.9. The Labute approximate surface area is 106 Å². The van der Waals surface area contributed by atoms with Gasteiger partial charge in [-0.05, 0) is 15.9 Å². The highest BCUT2D eigenvalue weighted by Gasteiger charge is 2.16. The summed E-state index contributed by atoms with van der Waals surface area (Å²) in [5, 5.41) is 13.4. The van der Waals surface area contributed by atoms with E-state index in [0.717, 1.165) is 0 Å². The minimum absolute atomic E-state index is 0.0392. The van der Waals surface area contributed by atoms with Gasteiger partial charge in [-0.15, -0.1) is 0 Å². The summed E-state index contributed by atoms with van der Waals surface area (Å²) in [6.45, 7) is -0.0392. The van der Waals surface area contributed by atoms with Crippen molar-refractivity contribution in [2.75, 3.05) is 26.0 Å². The molecule has 92 valence electrons. The number of aromatic nitrogens is 1. The fourth-order valence-electron chi connectivity index (χ4n) is 1.02. The number of nitrogens with zero attached hydrogens (tertiary/aromatic N) is 3. The van der Waals surface area contributed by atoms with Crippen molar-refractivity contribution < 1.29 is 9.72 Å². The number of hydrogen-bond donors (Lipinski definition) is 1. The molecule has 1 aromatic heterocycles. The van der Waals surface area contributed by atoms with Crippen LogP contribution in [0.1, 0.15) is 0 Å². The number of carbonyl (C=O) groups is 1. The fraction of sp³-hybridized carbons (Fsp3) is 0.333. The van der Waals surface area contributed by atoms with Gasteiger partial charge < -0.3 is 10.2 Å². The first-order valence-electron chi connectivity index (χ1n) is 4.65. The van der Waals surface area contributed by atoms with Gasteiger partial charge in [-0.25, -0.2) is 4.98 Å². The predicted molar refractivity (Wildman–Crippen MR) is 65.8 cm³/mol. The molecule has 0 saturated heterocycles. The second kappa shape index (κ2) is 5.58. The molecule has 1 rings (SSSR count). The maximum atomic E-state index is 11.3. The number of nitro groups is 1. The lowest BCUT2D eigenvalue weighted by Crippen LogP contribution is -2.29. The highest BCUT2D eigenvalue weighted by Crippen LogP contribution is 2.24. The second-order valence-corrected chi connectivity index (χ2v) is 4.34. The summed E-state index contributed by atoms with van der Waals surface area (Å²) in [5.74, 6) is -0.114. The molecule has 17 heavy (non-hydrogen) atoms. The van der Waals surface area contributed by atoms with Crippen molar-refractivity contribution in [3.8, 4) is 0 Å². The maximum absolute atomic E-state index is 11.3. The van der Waals surface area contributed by atoms with Crippen molar-refractivity contribution in [2.45, 2.75) is 0 Å². The standard InChI is InChI=1S/C9H11BrN4O3/c1-13(2)8(15)5-12-9-7(14(16)17)3-6(10)4-11-9/h3-4H,5H2,1-2H3,(H,11,12). The summed E-state index contributed by atoms with van der Waals surface area (Å²) >= 11 is 3.10. The smallest absolute Gasteiger partial charge is 0.312 e. The number of nitrogens with one attached hydrogen (secondary N) is 1. The SMILES string of the molecule is CN(C)C(=O)CNc1ncc(Br)cc1[N+](=O)[O-]. The third-order valence-electron chi connectivity index (χ3n) is 1.94. The monoisotopic (exact) mass is 302 g/mol. The molecule has 1 heterocycles. The van der Waals surface area contributed by atoms with Crippen molar-refractivity contribution in [2.24, 2.45) is 0 Å². The minimum atomic E-state index is -0.555. The van der Waals surface area contributed by atoms with Gasteiger partial charge in [-0.1, -0.05) is 0 Å². The van der Waals surface area contributed by atoms with Gasteiger partial charge in [0.2, 0.25) is 11.7 Å². The minimum Gasteiger partial charge on any atom is -0.355 e. The van der Waals surface area contributed by atoms with E-state index in [0.29, 0.717) is 4.47 Å². The Bertz CT molecular complexity index is 450. The van der Waals surface area contributed by atoms with E-state index in [-0.39, 0.29) is 24.0 Å². The molecular weight excluding hydrogens is 292 g/mol. The zero-order valence-corrected chi connectivity index (χ0v) is 10.9. The van der Waals surface area contributed by atoms with E-state index in [1.807, 2.05) is 0 Å². The fourth-order valence-corrected chi connectivity index (χ4v) is 1.34. The number of likely N-dealkylation sites (N-methyl/N-ethyl adjacent to an activating group) is 1. The first kappa shape index (κ1) is 13.4. The van der Waals surface area contributed by atoms with Crippen molar-refractivity contribution in [3.05, 3.63) is 26.9 Å². The van der Waals surface area contributed by atoms with Gasteiger partial charge in [0.15, 0.2) is 0 Å². The maximum Gasteiger partial charge on any atom is 0.312 e. The summed E-state index contributed by atoms with van der Waals surface area (Å²) in [4.78, 5) is 26.8. The zero-order chi connectivity index (χ0) is 13.0. The predicted octanol–water partition coefficient (Wildman–Crippen LogP) is 1.25. The van der Waals surface area contributed by atoms with E-state index in [4.69, 9.17) is 0 Å². The van der Waals surface area contributed by atoms with Crippen LogP contribution in [-0.4, -0.2) is 41.4 Å². The first-order chi connectivity index (χ1) is 7.91. The van der Waals surface area contributed by atoms with Crippen LogP contribution in [0.3, 0.4) is 0 Å². The molecule has 0 bridgehead atoms. The molecule has 1 amide bonds. The van der Waals surface area contributed by atoms with E-state index < -0.39 is 4.92 Å². The Morgan fingerprint density at radius 2 is 2.29 bits per heavy atom. The van der Waals surface area contributed by atoms with Crippen molar-refractivity contribution in [3.63, 3.8) is 0 Å². The van der Waals surface area contributed by atoms with Crippen LogP contribution in [-0.2, 0) is 4.79 Å². The molecule has 0 saturated carbocycles. The van der Waals surface area contributed by atoms with Crippen LogP contribution < -0.4 is 5.32 Å². The summed E-state index contributed by atoms with van der Waals surface area (Å²) in [7, 11) is 3.21. The third kappa shape index (κ3) is 3.66. The highest BCUT2D eigenvalue weighted by molar-refractivity contribution is 9.10. The van der Waals surface area contributed by atoms with E-state index >= 15 is 0 Å². The second-order valence-electron chi connectivity index (χ2n) is 3.42. The van der Waals surface area contributed by atoms with Gasteiger partial charge in [0.05, 0.1) is 11.5 Å². The van der Waals surface area contributed by atoms with Gasteiger partial charge in [-0.2, -0.15) is 0 Å². The number of anilines is 1. The average Bonchev–Trinajstić information content (AvgIpc) is 2.26. The molecule has 0 unspecified atom stereocenters. The Balaban J connectivity index is 2.84. The van der Waals surface area contributed by atoms with Gasteiger partial charge in [-0.3, -0.25) is 14.9 Å². The number of hydrogen-bond acceptors (Lipinski definition) is 5. The Morgan fingerprint density at radius 1 is 1.65 bits per heavy atom. The number of pyridine rings is 1. The molecular formula is C9H11BrN4O3. The molecule has 0 atom stereocenters. The molecule has 1 N–H and O–H groups in total. The quantitative estimate of drug-likeness (QED) is 0.668. The lowest BCUT2D eigenvalue weighted by atomic mass is 10.4. The summed E-state index contributed by atoms with van der Waals surface area (Å²) in [6, 6.07) is 1.33. The Kier molecular flexibility index (Phi) is 4.38. The van der Waals surface area contributed by atoms with Crippen LogP contribution in [0.25, 0.3) is 0 Å². The summed E-state index contributed by atoms with van der Waals surface area (Å²) in [6.07, 6.45) is 1.43. The topological polar surface area (TPSA) is 88.4 Å². The summed E-state index contributed by atoms with van der Waals surface area (Å²) < 4.78 is 0.508. The molecule has 1 aromatic rings. The van der Waals surface area contributed by atoms with Crippen molar-refractivity contribution >= 4 is 33.3 Å². The van der Waals surface area contributed by atoms with Crippen LogP contribution in [0.2, 0.25) is 0 Å². The van der Waals surface area contributed by atoms with E-state index in [1.54, 1.807) is 14.1 Å². The molecule has 0 aromatic carbocycles. The molecule has 0 spiro atoms. The summed E-state index contributed by atoms with van der Waals surface area (Å²) in [5.41, 5.74) is -0.175. The van der Waals surface area contributed by atoms with Gasteiger partial charge in [0.25, 0.3) is 0 Å². The molecule has 8 heteroatoms. The van der Waals surface area contributed by atoms with E-state index in [2.05, 4.69) is 26.2 Å². The molecule has 0 aliphatic carbocycles. The average molecular weight is 303 g/mol. The number of amides is 1. The van der Waals surface area contributed by atoms with Crippen molar-refractivity contribution in [1.29, 1.82) is 0 Å². The molecule has 0 radical (unpaired) electrons. The van der Waals surface area contributed by atoms with Crippen LogP contribution in [0.4, 0.5) is 11.5 Å². The van der Waals surface area contributed by atoms with Crippen LogP contribution in [0, 0.1) is 10.1 Å². The zero-order valence-electron chi connectivity index (χ0n) is 9.31. The normalized spacial score (nSPS) is 9.82. The lowest BCUT2D eigenvalue weighted by molar-refractivity contribution is -0.384. The Morgan fingerprint density at radius 3 is 2.82 bits per heavy atom. The number of rotatable bonds is 4. The van der Waals surface area contributed by atoms with Crippen molar-refractivity contribution in [1.82, 2.24) is 9.88 Å². The first-order valence-corrected chi connectivity index (χ1v) is 5.45. The van der Waals surface area contributed by atoms with Gasteiger partial charge >= 0.3 is 5.69 Å². The van der Waals surface area contributed by atoms with Crippen LogP contribution >= 0.6 is 15.9 Å². The van der Waals surface area contributed by atoms with E-state index in [1.165, 1.54) is 17.2 Å². The van der Waals surface area contributed by atoms with Crippen LogP contribution in [0.15, 0.2) is 16.7 Å². The largest absolute Gasteiger partial charge is 0.355 e.